The third-order valence-corrected chi connectivity index (χ3v) is 4.22. The minimum absolute atomic E-state index is 0.0760. The van der Waals surface area contributed by atoms with E-state index in [1.807, 2.05) is 12.1 Å². The molecule has 5 nitrogen and oxygen atoms in total. The van der Waals surface area contributed by atoms with Crippen LogP contribution in [0.2, 0.25) is 0 Å². The Kier molecular flexibility index (Phi) is 5.16. The van der Waals surface area contributed by atoms with Crippen LogP contribution in [-0.4, -0.2) is 24.4 Å². The van der Waals surface area contributed by atoms with Gasteiger partial charge in [-0.25, -0.2) is 8.78 Å². The second-order valence-corrected chi connectivity index (χ2v) is 6.18. The minimum atomic E-state index is -0.829. The highest BCUT2D eigenvalue weighted by atomic mass is 19.1. The van der Waals surface area contributed by atoms with E-state index in [-0.39, 0.29) is 11.6 Å². The summed E-state index contributed by atoms with van der Waals surface area (Å²) in [7, 11) is 0. The van der Waals surface area contributed by atoms with E-state index in [9.17, 15) is 18.4 Å². The number of nitrogens with zero attached hydrogens (tertiary/aromatic N) is 1. The molecule has 1 atom stereocenters. The summed E-state index contributed by atoms with van der Waals surface area (Å²) in [6, 6.07) is 9.52. The third kappa shape index (κ3) is 3.99. The van der Waals surface area contributed by atoms with Gasteiger partial charge in [-0.3, -0.25) is 9.59 Å². The first-order valence-electron chi connectivity index (χ1n) is 8.37. The summed E-state index contributed by atoms with van der Waals surface area (Å²) in [6.07, 6.45) is 1.42. The maximum Gasteiger partial charge on any atom is 0.246 e. The molecule has 0 aliphatic carbocycles. The zero-order valence-electron chi connectivity index (χ0n) is 14.3. The van der Waals surface area contributed by atoms with Gasteiger partial charge in [0.15, 0.2) is 0 Å². The van der Waals surface area contributed by atoms with Crippen molar-refractivity contribution in [1.82, 2.24) is 0 Å². The molecule has 1 saturated heterocycles. The Morgan fingerprint density at radius 2 is 1.88 bits per heavy atom. The monoisotopic (exact) mass is 359 g/mol. The fourth-order valence-corrected chi connectivity index (χ4v) is 2.81. The number of nitrogens with one attached hydrogen (secondary N) is 2. The van der Waals surface area contributed by atoms with E-state index < -0.39 is 23.6 Å². The molecule has 2 aromatic carbocycles. The Hall–Kier alpha value is -2.96. The third-order valence-electron chi connectivity index (χ3n) is 4.22. The van der Waals surface area contributed by atoms with Crippen molar-refractivity contribution in [3.05, 3.63) is 54.1 Å². The van der Waals surface area contributed by atoms with Crippen LogP contribution in [0.4, 0.5) is 25.8 Å². The van der Waals surface area contributed by atoms with E-state index >= 15 is 0 Å². The lowest BCUT2D eigenvalue weighted by atomic mass is 10.2. The fourth-order valence-electron chi connectivity index (χ4n) is 2.81. The van der Waals surface area contributed by atoms with Crippen molar-refractivity contribution >= 4 is 28.9 Å². The lowest BCUT2D eigenvalue weighted by molar-refractivity contribution is -0.117. The molecule has 136 valence electrons. The van der Waals surface area contributed by atoms with Crippen LogP contribution in [-0.2, 0) is 9.59 Å². The maximum atomic E-state index is 13.6. The largest absolute Gasteiger partial charge is 0.374 e. The number of benzene rings is 2. The molecule has 1 fully saturated rings. The van der Waals surface area contributed by atoms with Gasteiger partial charge in [0.2, 0.25) is 11.8 Å². The molecular weight excluding hydrogens is 340 g/mol. The molecule has 0 unspecified atom stereocenters. The van der Waals surface area contributed by atoms with Gasteiger partial charge in [-0.15, -0.1) is 0 Å². The van der Waals surface area contributed by atoms with E-state index in [1.165, 1.54) is 6.07 Å². The van der Waals surface area contributed by atoms with Crippen molar-refractivity contribution in [3.8, 4) is 0 Å². The molecule has 26 heavy (non-hydrogen) atoms. The predicted molar refractivity (Wildman–Crippen MR) is 96.1 cm³/mol. The zero-order valence-corrected chi connectivity index (χ0v) is 14.3. The zero-order chi connectivity index (χ0) is 18.7. The van der Waals surface area contributed by atoms with Gasteiger partial charge in [-0.2, -0.15) is 0 Å². The molecule has 7 heteroatoms. The van der Waals surface area contributed by atoms with Crippen molar-refractivity contribution < 1.29 is 18.4 Å². The van der Waals surface area contributed by atoms with E-state index in [1.54, 1.807) is 24.0 Å². The summed E-state index contributed by atoms with van der Waals surface area (Å²) in [5.41, 5.74) is 1.44. The van der Waals surface area contributed by atoms with Crippen LogP contribution in [0.1, 0.15) is 19.8 Å². The predicted octanol–water partition coefficient (Wildman–Crippen LogP) is 3.53. The summed E-state index contributed by atoms with van der Waals surface area (Å²) in [5, 5.41) is 5.43. The standard InChI is InChI=1S/C19H19F2N3O2/c1-12(19(26)23-17-9-4-13(20)11-16(17)21)22-14-5-7-15(8-6-14)24-10-2-3-18(24)25/h4-9,11-12,22H,2-3,10H2,1H3,(H,23,26)/t12-/m1/s1. The number of rotatable bonds is 5. The number of hydrogen-bond acceptors (Lipinski definition) is 3. The normalized spacial score (nSPS) is 15.0. The topological polar surface area (TPSA) is 61.4 Å². The number of hydrogen-bond donors (Lipinski definition) is 2. The van der Waals surface area contributed by atoms with Crippen molar-refractivity contribution in [1.29, 1.82) is 0 Å². The number of amides is 2. The Morgan fingerprint density at radius 1 is 1.15 bits per heavy atom. The van der Waals surface area contributed by atoms with E-state index in [0.29, 0.717) is 24.7 Å². The van der Waals surface area contributed by atoms with Crippen LogP contribution in [0.5, 0.6) is 0 Å². The Morgan fingerprint density at radius 3 is 2.50 bits per heavy atom. The highest BCUT2D eigenvalue weighted by Crippen LogP contribution is 2.23. The first-order valence-corrected chi connectivity index (χ1v) is 8.37. The summed E-state index contributed by atoms with van der Waals surface area (Å²) in [5.74, 6) is -1.87. The second-order valence-electron chi connectivity index (χ2n) is 6.18. The van der Waals surface area contributed by atoms with Gasteiger partial charge < -0.3 is 15.5 Å². The first-order chi connectivity index (χ1) is 12.4. The van der Waals surface area contributed by atoms with Crippen LogP contribution in [0.25, 0.3) is 0 Å². The fraction of sp³-hybridized carbons (Fsp3) is 0.263. The number of carbonyl (C=O) groups is 2. The Bertz CT molecular complexity index is 824. The molecule has 0 spiro atoms. The van der Waals surface area contributed by atoms with E-state index in [2.05, 4.69) is 10.6 Å². The summed E-state index contributed by atoms with van der Waals surface area (Å²) < 4.78 is 26.5. The van der Waals surface area contributed by atoms with Crippen molar-refractivity contribution in [2.75, 3.05) is 22.1 Å². The summed E-state index contributed by atoms with van der Waals surface area (Å²) in [4.78, 5) is 25.7. The van der Waals surface area contributed by atoms with Gasteiger partial charge >= 0.3 is 0 Å². The molecule has 2 aromatic rings. The molecule has 3 rings (SSSR count). The molecule has 0 saturated carbocycles. The molecule has 1 heterocycles. The highest BCUT2D eigenvalue weighted by Gasteiger charge is 2.21. The van der Waals surface area contributed by atoms with Gasteiger partial charge in [0.1, 0.15) is 17.7 Å². The van der Waals surface area contributed by atoms with Gasteiger partial charge in [0.05, 0.1) is 5.69 Å². The Labute approximate surface area is 150 Å². The Balaban J connectivity index is 1.61. The van der Waals surface area contributed by atoms with Crippen LogP contribution in [0, 0.1) is 11.6 Å². The second kappa shape index (κ2) is 7.51. The molecule has 2 N–H and O–H groups in total. The molecule has 1 aliphatic heterocycles. The molecule has 0 bridgehead atoms. The molecule has 0 radical (unpaired) electrons. The van der Waals surface area contributed by atoms with Gasteiger partial charge in [-0.05, 0) is 49.7 Å². The van der Waals surface area contributed by atoms with Gasteiger partial charge in [-0.1, -0.05) is 0 Å². The number of carbonyl (C=O) groups excluding carboxylic acids is 2. The lowest BCUT2D eigenvalue weighted by Gasteiger charge is -2.18. The van der Waals surface area contributed by atoms with Crippen molar-refractivity contribution in [3.63, 3.8) is 0 Å². The quantitative estimate of drug-likeness (QED) is 0.859. The smallest absolute Gasteiger partial charge is 0.246 e. The number of halogens is 2. The molecule has 1 aliphatic rings. The molecule has 2 amide bonds. The molecule has 0 aromatic heterocycles. The van der Waals surface area contributed by atoms with Gasteiger partial charge in [0.25, 0.3) is 0 Å². The molecular formula is C19H19F2N3O2. The van der Waals surface area contributed by atoms with Crippen LogP contribution in [0.3, 0.4) is 0 Å². The highest BCUT2D eigenvalue weighted by molar-refractivity contribution is 5.97. The SMILES string of the molecule is C[C@@H](Nc1ccc(N2CCCC2=O)cc1)C(=O)Nc1ccc(F)cc1F. The first kappa shape index (κ1) is 17.8. The van der Waals surface area contributed by atoms with Crippen LogP contribution in [0.15, 0.2) is 42.5 Å². The lowest BCUT2D eigenvalue weighted by Crippen LogP contribution is -2.32. The maximum absolute atomic E-state index is 13.6. The summed E-state index contributed by atoms with van der Waals surface area (Å²) >= 11 is 0. The summed E-state index contributed by atoms with van der Waals surface area (Å²) in [6.45, 7) is 2.35. The van der Waals surface area contributed by atoms with Gasteiger partial charge in [0, 0.05) is 30.4 Å². The average molecular weight is 359 g/mol. The van der Waals surface area contributed by atoms with E-state index in [4.69, 9.17) is 0 Å². The minimum Gasteiger partial charge on any atom is -0.374 e. The van der Waals surface area contributed by atoms with Crippen LogP contribution >= 0.6 is 0 Å². The van der Waals surface area contributed by atoms with E-state index in [0.717, 1.165) is 18.2 Å². The van der Waals surface area contributed by atoms with Crippen molar-refractivity contribution in [2.24, 2.45) is 0 Å². The van der Waals surface area contributed by atoms with Crippen LogP contribution < -0.4 is 15.5 Å². The van der Waals surface area contributed by atoms with Crippen molar-refractivity contribution in [2.45, 2.75) is 25.8 Å². The number of anilines is 3. The average Bonchev–Trinajstić information content (AvgIpc) is 3.04.